The first-order valence-electron chi connectivity index (χ1n) is 23.4. The third-order valence-corrected chi connectivity index (χ3v) is 15.9. The fourth-order valence-corrected chi connectivity index (χ4v) is 12.8. The standard InChI is InChI=1S/C47H71NO14/c1-24-13-32(9-8-31(49)16-39(51)52)56-43(18-24)10-11-47(62-43)29(6)15-34-35(59-47)17-37(55-34)42(53)46(54)21-33(50)30(7)40(61-46)27(4)20-44-19-25(2)14-36(57-44)41-38(58-44)22-45(60-41)28(5)12-26(3)23-48-45/h8-9,13,25-26,28-38,40-42,48-50,53-54H,4,10-12,14-23H2,1-3,5-7H3,(H,51,52)/b9-8+/t25-,26+,28-,29+,30-,31?,32+,33-,34+,35+,36+,37-,38+,40+,41+,42+,43+,44-,45-,46+,47+/m0/s1. The Morgan fingerprint density at radius 1 is 0.903 bits per heavy atom. The van der Waals surface area contributed by atoms with Crippen molar-refractivity contribution in [3.8, 4) is 0 Å². The molecule has 0 radical (unpaired) electrons. The summed E-state index contributed by atoms with van der Waals surface area (Å²) in [4.78, 5) is 11.0. The van der Waals surface area contributed by atoms with Crippen LogP contribution in [0.2, 0.25) is 0 Å². The molecule has 0 aromatic rings. The van der Waals surface area contributed by atoms with Gasteiger partial charge in [0.25, 0.3) is 0 Å². The number of nitrogens with one attached hydrogen (secondary N) is 1. The molecule has 9 rings (SSSR count). The van der Waals surface area contributed by atoms with Crippen LogP contribution in [0.25, 0.3) is 0 Å². The van der Waals surface area contributed by atoms with Crippen LogP contribution >= 0.6 is 0 Å². The molecule has 3 spiro atoms. The van der Waals surface area contributed by atoms with E-state index in [1.807, 2.05) is 19.9 Å². The van der Waals surface area contributed by atoms with Gasteiger partial charge in [-0.05, 0) is 49.5 Å². The van der Waals surface area contributed by atoms with Crippen LogP contribution in [-0.4, -0.2) is 134 Å². The molecule has 0 aliphatic carbocycles. The molecule has 62 heavy (non-hydrogen) atoms. The van der Waals surface area contributed by atoms with Crippen molar-refractivity contribution in [1.29, 1.82) is 0 Å². The lowest BCUT2D eigenvalue weighted by Gasteiger charge is -2.53. The van der Waals surface area contributed by atoms with Crippen molar-refractivity contribution < 1.29 is 68.2 Å². The first-order chi connectivity index (χ1) is 29.2. The van der Waals surface area contributed by atoms with Crippen molar-refractivity contribution in [3.63, 3.8) is 0 Å². The highest BCUT2D eigenvalue weighted by Gasteiger charge is 2.64. The Kier molecular flexibility index (Phi) is 12.1. The largest absolute Gasteiger partial charge is 0.481 e. The molecule has 0 aromatic carbocycles. The van der Waals surface area contributed by atoms with Crippen molar-refractivity contribution in [2.75, 3.05) is 6.54 Å². The number of piperidine rings is 1. The lowest BCUT2D eigenvalue weighted by atomic mass is 9.78. The van der Waals surface area contributed by atoms with E-state index in [2.05, 4.69) is 39.6 Å². The molecule has 8 saturated heterocycles. The predicted octanol–water partition coefficient (Wildman–Crippen LogP) is 4.34. The van der Waals surface area contributed by atoms with Crippen molar-refractivity contribution in [3.05, 3.63) is 36.0 Å². The summed E-state index contributed by atoms with van der Waals surface area (Å²) in [5, 5.41) is 58.5. The van der Waals surface area contributed by atoms with Gasteiger partial charge in [0, 0.05) is 69.7 Å². The van der Waals surface area contributed by atoms with Gasteiger partial charge in [-0.2, -0.15) is 0 Å². The molecule has 21 atom stereocenters. The zero-order chi connectivity index (χ0) is 44.1. The second kappa shape index (κ2) is 16.5. The van der Waals surface area contributed by atoms with Gasteiger partial charge in [-0.3, -0.25) is 10.1 Å². The smallest absolute Gasteiger partial charge is 0.306 e. The van der Waals surface area contributed by atoms with Crippen molar-refractivity contribution in [2.24, 2.45) is 29.6 Å². The summed E-state index contributed by atoms with van der Waals surface area (Å²) in [6.45, 7) is 18.0. The number of carboxylic acids is 1. The summed E-state index contributed by atoms with van der Waals surface area (Å²) >= 11 is 0. The number of ether oxygens (including phenoxy) is 8. The molecular formula is C47H71NO14. The molecule has 1 unspecified atom stereocenters. The quantitative estimate of drug-likeness (QED) is 0.179. The van der Waals surface area contributed by atoms with Crippen LogP contribution in [-0.2, 0) is 42.7 Å². The Labute approximate surface area is 365 Å². The molecule has 0 saturated carbocycles. The Hall–Kier alpha value is -1.83. The minimum atomic E-state index is -2.14. The zero-order valence-corrected chi connectivity index (χ0v) is 37.3. The molecule has 6 N–H and O–H groups in total. The number of aliphatic carboxylic acids is 1. The lowest BCUT2D eigenvalue weighted by molar-refractivity contribution is -0.367. The van der Waals surface area contributed by atoms with Crippen LogP contribution in [0.4, 0.5) is 0 Å². The summed E-state index contributed by atoms with van der Waals surface area (Å²) in [5.74, 6) is -5.45. The highest BCUT2D eigenvalue weighted by atomic mass is 16.8. The van der Waals surface area contributed by atoms with E-state index in [9.17, 15) is 25.2 Å². The minimum absolute atomic E-state index is 0.0991. The molecule has 15 nitrogen and oxygen atoms in total. The molecule has 8 fully saturated rings. The number of carboxylic acid groups (broad SMARTS) is 1. The van der Waals surface area contributed by atoms with Crippen LogP contribution in [0.5, 0.6) is 0 Å². The second-order valence-electron chi connectivity index (χ2n) is 21.2. The number of aliphatic hydroxyl groups excluding tert-OH is 3. The highest BCUT2D eigenvalue weighted by Crippen LogP contribution is 2.56. The predicted molar refractivity (Wildman–Crippen MR) is 222 cm³/mol. The van der Waals surface area contributed by atoms with Gasteiger partial charge in [0.05, 0.1) is 61.4 Å². The van der Waals surface area contributed by atoms with Gasteiger partial charge in [-0.1, -0.05) is 65.0 Å². The third-order valence-electron chi connectivity index (χ3n) is 15.9. The van der Waals surface area contributed by atoms with E-state index < -0.39 is 89.9 Å². The monoisotopic (exact) mass is 873 g/mol. The first-order valence-corrected chi connectivity index (χ1v) is 23.4. The number of rotatable bonds is 9. The fraction of sp³-hybridized carbons (Fsp3) is 0.851. The molecule has 9 aliphatic heterocycles. The highest BCUT2D eigenvalue weighted by molar-refractivity contribution is 5.67. The average Bonchev–Trinajstić information content (AvgIpc) is 3.87. The third kappa shape index (κ3) is 8.32. The van der Waals surface area contributed by atoms with E-state index in [0.29, 0.717) is 61.9 Å². The van der Waals surface area contributed by atoms with Crippen LogP contribution in [0.3, 0.4) is 0 Å². The van der Waals surface area contributed by atoms with Gasteiger partial charge in [0.15, 0.2) is 23.1 Å². The molecule has 9 aliphatic rings. The lowest BCUT2D eigenvalue weighted by Crippen LogP contribution is -2.61. The van der Waals surface area contributed by atoms with Gasteiger partial charge in [0.2, 0.25) is 0 Å². The SMILES string of the molecule is C=C(C[C@@]12C[C@@H](C)C[C@@H](O1)[C@H]1O[C@]3(C[C@H]1O2)NC[C@H](C)C[C@@H]3C)[C@H]1O[C@@](O)([C@H](O)[C@@H]2C[C@H]3O[C@@]4(CC[C@]5(CC(C)=C[C@@H](/C=C/C(O)CC(=O)O)O5)O4)[C@H](C)C[C@H]3O2)C[C@H](O)[C@@H]1C. The summed E-state index contributed by atoms with van der Waals surface area (Å²) in [5.41, 5.74) is 1.22. The van der Waals surface area contributed by atoms with Crippen LogP contribution < -0.4 is 5.32 Å². The summed E-state index contributed by atoms with van der Waals surface area (Å²) in [6, 6.07) is 0. The molecule has 0 amide bonds. The van der Waals surface area contributed by atoms with E-state index in [-0.39, 0.29) is 43.2 Å². The first kappa shape index (κ1) is 45.3. The van der Waals surface area contributed by atoms with E-state index >= 15 is 0 Å². The maximum Gasteiger partial charge on any atom is 0.306 e. The maximum absolute atomic E-state index is 12.2. The average molecular weight is 874 g/mol. The Balaban J connectivity index is 0.849. The normalized spacial score (nSPS) is 52.3. The minimum Gasteiger partial charge on any atom is -0.481 e. The van der Waals surface area contributed by atoms with Crippen molar-refractivity contribution in [1.82, 2.24) is 5.32 Å². The van der Waals surface area contributed by atoms with Crippen LogP contribution in [0.1, 0.15) is 119 Å². The second-order valence-corrected chi connectivity index (χ2v) is 21.2. The maximum atomic E-state index is 12.2. The Bertz CT molecular complexity index is 1780. The van der Waals surface area contributed by atoms with Gasteiger partial charge in [0.1, 0.15) is 17.9 Å². The van der Waals surface area contributed by atoms with Crippen LogP contribution in [0, 0.1) is 29.6 Å². The molecule has 9 heterocycles. The van der Waals surface area contributed by atoms with E-state index in [1.165, 1.54) is 6.08 Å². The summed E-state index contributed by atoms with van der Waals surface area (Å²) in [7, 11) is 0. The van der Waals surface area contributed by atoms with Crippen molar-refractivity contribution >= 4 is 5.97 Å². The van der Waals surface area contributed by atoms with Gasteiger partial charge in [-0.25, -0.2) is 0 Å². The van der Waals surface area contributed by atoms with Gasteiger partial charge >= 0.3 is 5.97 Å². The molecule has 348 valence electrons. The molecule has 0 aromatic heterocycles. The van der Waals surface area contributed by atoms with E-state index in [4.69, 9.17) is 43.0 Å². The number of aliphatic hydroxyl groups is 4. The molecule has 15 heteroatoms. The Morgan fingerprint density at radius 3 is 2.44 bits per heavy atom. The summed E-state index contributed by atoms with van der Waals surface area (Å²) in [6.07, 6.45) is 3.51. The number of hydrogen-bond acceptors (Lipinski definition) is 14. The van der Waals surface area contributed by atoms with Crippen LogP contribution in [0.15, 0.2) is 36.0 Å². The topological polar surface area (TPSA) is 204 Å². The van der Waals surface area contributed by atoms with Crippen molar-refractivity contribution in [2.45, 2.75) is 215 Å². The van der Waals surface area contributed by atoms with E-state index in [1.54, 1.807) is 6.08 Å². The number of carbonyl (C=O) groups is 1. The zero-order valence-electron chi connectivity index (χ0n) is 37.3. The van der Waals surface area contributed by atoms with E-state index in [0.717, 1.165) is 31.4 Å². The number of fused-ring (bicyclic) bond motifs is 5. The number of hydrogen-bond donors (Lipinski definition) is 6. The molecular weight excluding hydrogens is 803 g/mol. The molecule has 2 bridgehead atoms. The Morgan fingerprint density at radius 2 is 1.68 bits per heavy atom. The van der Waals surface area contributed by atoms with Gasteiger partial charge < -0.3 is 63.4 Å². The fourth-order valence-electron chi connectivity index (χ4n) is 12.8. The van der Waals surface area contributed by atoms with Gasteiger partial charge in [-0.15, -0.1) is 0 Å². The summed E-state index contributed by atoms with van der Waals surface area (Å²) < 4.78 is 53.7.